The molecule has 128 valence electrons. The molecule has 1 aliphatic heterocycles. The summed E-state index contributed by atoms with van der Waals surface area (Å²) in [4.78, 5) is 18.3. The minimum Gasteiger partial charge on any atom is -0.339 e. The number of likely N-dealkylation sites (tertiary alicyclic amines) is 1. The van der Waals surface area contributed by atoms with Crippen LogP contribution in [0.2, 0.25) is 0 Å². The molecule has 24 heavy (non-hydrogen) atoms. The molecule has 0 aliphatic carbocycles. The first-order valence-corrected chi connectivity index (χ1v) is 9.52. The molecule has 1 aliphatic rings. The summed E-state index contributed by atoms with van der Waals surface area (Å²) in [5.74, 6) is -0.0269. The number of rotatable bonds is 3. The summed E-state index contributed by atoms with van der Waals surface area (Å²) in [6.07, 6.45) is 3.99. The Morgan fingerprint density at radius 1 is 1.21 bits per heavy atom. The van der Waals surface area contributed by atoms with Gasteiger partial charge in [0.2, 0.25) is 15.0 Å². The summed E-state index contributed by atoms with van der Waals surface area (Å²) in [6.45, 7) is 2.80. The zero-order valence-electron chi connectivity index (χ0n) is 13.8. The van der Waals surface area contributed by atoms with Crippen LogP contribution in [0.25, 0.3) is 0 Å². The topological polar surface area (TPSA) is 72.3 Å². The fourth-order valence-electron chi connectivity index (χ4n) is 3.13. The van der Waals surface area contributed by atoms with Gasteiger partial charge in [-0.3, -0.25) is 4.79 Å². The minimum absolute atomic E-state index is 0.0269. The van der Waals surface area contributed by atoms with Crippen LogP contribution >= 0.6 is 0 Å². The van der Waals surface area contributed by atoms with Crippen molar-refractivity contribution < 1.29 is 13.2 Å². The van der Waals surface area contributed by atoms with Crippen LogP contribution in [0, 0.1) is 6.92 Å². The number of carbonyl (C=O) groups excluding carboxylic acids is 1. The highest BCUT2D eigenvalue weighted by Crippen LogP contribution is 2.24. The zero-order valence-corrected chi connectivity index (χ0v) is 14.7. The van der Waals surface area contributed by atoms with Crippen molar-refractivity contribution in [2.75, 3.05) is 13.1 Å². The molecule has 0 atom stereocenters. The monoisotopic (exact) mass is 347 g/mol. The average molecular weight is 347 g/mol. The van der Waals surface area contributed by atoms with Crippen molar-refractivity contribution >= 4 is 15.7 Å². The molecule has 0 saturated carbocycles. The lowest BCUT2D eigenvalue weighted by molar-refractivity contribution is 0.0725. The van der Waals surface area contributed by atoms with Gasteiger partial charge in [0, 0.05) is 38.1 Å². The van der Waals surface area contributed by atoms with Crippen LogP contribution in [0.5, 0.6) is 0 Å². The molecule has 2 heterocycles. The second kappa shape index (κ2) is 6.39. The smallest absolute Gasteiger partial charge is 0.254 e. The number of amides is 1. The molecule has 1 amide bonds. The minimum atomic E-state index is -3.46. The van der Waals surface area contributed by atoms with Gasteiger partial charge in [-0.15, -0.1) is 0 Å². The molecular formula is C17H21N3O3S. The second-order valence-corrected chi connectivity index (χ2v) is 8.29. The highest BCUT2D eigenvalue weighted by molar-refractivity contribution is 7.91. The Bertz CT molecular complexity index is 849. The lowest BCUT2D eigenvalue weighted by atomic mass is 10.1. The summed E-state index contributed by atoms with van der Waals surface area (Å²) in [5, 5.41) is -0.384. The van der Waals surface area contributed by atoms with Crippen LogP contribution in [0.3, 0.4) is 0 Å². The zero-order chi connectivity index (χ0) is 17.3. The van der Waals surface area contributed by atoms with Crippen LogP contribution in [0.1, 0.15) is 28.8 Å². The number of sulfone groups is 1. The van der Waals surface area contributed by atoms with E-state index in [-0.39, 0.29) is 11.1 Å². The summed E-state index contributed by atoms with van der Waals surface area (Å²) in [5.41, 5.74) is 1.62. The first-order valence-electron chi connectivity index (χ1n) is 7.97. The largest absolute Gasteiger partial charge is 0.339 e. The predicted molar refractivity (Wildman–Crippen MR) is 90.5 cm³/mol. The Morgan fingerprint density at radius 2 is 1.88 bits per heavy atom. The maximum Gasteiger partial charge on any atom is 0.254 e. The molecule has 6 nitrogen and oxygen atoms in total. The highest BCUT2D eigenvalue weighted by atomic mass is 32.2. The van der Waals surface area contributed by atoms with Gasteiger partial charge in [0.25, 0.3) is 5.91 Å². The first kappa shape index (κ1) is 16.7. The molecule has 3 rings (SSSR count). The van der Waals surface area contributed by atoms with Gasteiger partial charge in [0.05, 0.1) is 5.25 Å². The summed E-state index contributed by atoms with van der Waals surface area (Å²) in [7, 11) is -1.78. The molecule has 0 spiro atoms. The molecule has 0 unspecified atom stereocenters. The third kappa shape index (κ3) is 2.96. The van der Waals surface area contributed by atoms with Gasteiger partial charge in [-0.1, -0.05) is 18.2 Å². The van der Waals surface area contributed by atoms with Gasteiger partial charge in [-0.25, -0.2) is 13.4 Å². The van der Waals surface area contributed by atoms with E-state index in [1.807, 2.05) is 31.2 Å². The van der Waals surface area contributed by atoms with E-state index in [1.54, 1.807) is 18.1 Å². The van der Waals surface area contributed by atoms with Gasteiger partial charge in [0.1, 0.15) is 0 Å². The number of imidazole rings is 1. The lowest BCUT2D eigenvalue weighted by Gasteiger charge is -2.31. The number of benzene rings is 1. The number of piperidine rings is 1. The van der Waals surface area contributed by atoms with Crippen molar-refractivity contribution in [1.29, 1.82) is 0 Å². The van der Waals surface area contributed by atoms with E-state index in [9.17, 15) is 13.2 Å². The molecule has 0 radical (unpaired) electrons. The van der Waals surface area contributed by atoms with E-state index < -0.39 is 15.1 Å². The van der Waals surface area contributed by atoms with Crippen LogP contribution in [0.4, 0.5) is 0 Å². The fraction of sp³-hybridized carbons (Fsp3) is 0.412. The molecule has 1 fully saturated rings. The fourth-order valence-corrected chi connectivity index (χ4v) is 4.93. The number of aromatic nitrogens is 2. The number of aryl methyl sites for hydroxylation is 2. The van der Waals surface area contributed by atoms with Gasteiger partial charge in [-0.05, 0) is 31.4 Å². The van der Waals surface area contributed by atoms with Crippen molar-refractivity contribution in [2.45, 2.75) is 30.2 Å². The molecule has 1 aromatic carbocycles. The van der Waals surface area contributed by atoms with Crippen molar-refractivity contribution in [2.24, 2.45) is 7.05 Å². The normalized spacial score (nSPS) is 16.3. The van der Waals surface area contributed by atoms with Gasteiger partial charge < -0.3 is 9.47 Å². The van der Waals surface area contributed by atoms with Crippen LogP contribution in [-0.2, 0) is 16.9 Å². The molecule has 0 bridgehead atoms. The van der Waals surface area contributed by atoms with E-state index in [2.05, 4.69) is 4.98 Å². The number of carbonyl (C=O) groups is 1. The van der Waals surface area contributed by atoms with E-state index in [0.717, 1.165) is 5.56 Å². The number of hydrogen-bond acceptors (Lipinski definition) is 4. The molecule has 1 saturated heterocycles. The average Bonchev–Trinajstić information content (AvgIpc) is 3.02. The highest BCUT2D eigenvalue weighted by Gasteiger charge is 2.35. The quantitative estimate of drug-likeness (QED) is 0.849. The van der Waals surface area contributed by atoms with Crippen LogP contribution < -0.4 is 0 Å². The molecule has 0 N–H and O–H groups in total. The van der Waals surface area contributed by atoms with E-state index >= 15 is 0 Å². The van der Waals surface area contributed by atoms with Gasteiger partial charge in [-0.2, -0.15) is 0 Å². The Labute approximate surface area is 142 Å². The Kier molecular flexibility index (Phi) is 4.45. The second-order valence-electron chi connectivity index (χ2n) is 6.17. The third-order valence-corrected chi connectivity index (χ3v) is 6.83. The number of hydrogen-bond donors (Lipinski definition) is 0. The third-order valence-electron chi connectivity index (χ3n) is 4.57. The van der Waals surface area contributed by atoms with Crippen LogP contribution in [-0.4, -0.2) is 47.1 Å². The Morgan fingerprint density at radius 3 is 2.46 bits per heavy atom. The summed E-state index contributed by atoms with van der Waals surface area (Å²) < 4.78 is 26.9. The SMILES string of the molecule is Cc1ccccc1C(=O)N1CCC(S(=O)(=O)c2nccn2C)CC1. The van der Waals surface area contributed by atoms with Crippen molar-refractivity contribution in [3.05, 3.63) is 47.8 Å². The van der Waals surface area contributed by atoms with E-state index in [4.69, 9.17) is 0 Å². The van der Waals surface area contributed by atoms with Crippen molar-refractivity contribution in [3.8, 4) is 0 Å². The Hall–Kier alpha value is -2.15. The van der Waals surface area contributed by atoms with Gasteiger partial charge in [0.15, 0.2) is 0 Å². The van der Waals surface area contributed by atoms with E-state index in [1.165, 1.54) is 10.8 Å². The lowest BCUT2D eigenvalue weighted by Crippen LogP contribution is -2.43. The Balaban J connectivity index is 1.71. The molecular weight excluding hydrogens is 326 g/mol. The summed E-state index contributed by atoms with van der Waals surface area (Å²) in [6, 6.07) is 7.47. The maximum atomic E-state index is 12.7. The molecule has 7 heteroatoms. The molecule has 2 aromatic rings. The predicted octanol–water partition coefficient (Wildman–Crippen LogP) is 1.81. The van der Waals surface area contributed by atoms with E-state index in [0.29, 0.717) is 31.5 Å². The first-order chi connectivity index (χ1) is 11.4. The van der Waals surface area contributed by atoms with Crippen LogP contribution in [0.15, 0.2) is 41.8 Å². The number of nitrogens with zero attached hydrogens (tertiary/aromatic N) is 3. The maximum absolute atomic E-state index is 12.7. The van der Waals surface area contributed by atoms with Crippen molar-refractivity contribution in [3.63, 3.8) is 0 Å². The summed E-state index contributed by atoms with van der Waals surface area (Å²) >= 11 is 0. The van der Waals surface area contributed by atoms with Gasteiger partial charge >= 0.3 is 0 Å². The molecule has 1 aromatic heterocycles. The van der Waals surface area contributed by atoms with Crippen molar-refractivity contribution in [1.82, 2.24) is 14.5 Å². The standard InChI is InChI=1S/C17H21N3O3S/c1-13-5-3-4-6-15(13)16(21)20-10-7-14(8-11-20)24(22,23)17-18-9-12-19(17)2/h3-6,9,12,14H,7-8,10-11H2,1-2H3.